The van der Waals surface area contributed by atoms with Crippen molar-refractivity contribution in [1.82, 2.24) is 9.88 Å². The minimum absolute atomic E-state index is 0.122. The zero-order chi connectivity index (χ0) is 23.0. The maximum atomic E-state index is 12.5. The lowest BCUT2D eigenvalue weighted by Gasteiger charge is -2.16. The Morgan fingerprint density at radius 3 is 2.21 bits per heavy atom. The number of alkyl carbamates (subject to hydrolysis) is 1. The number of carbonyl (C=O) groups is 2. The van der Waals surface area contributed by atoms with Crippen LogP contribution >= 0.6 is 0 Å². The Bertz CT molecular complexity index is 1220. The summed E-state index contributed by atoms with van der Waals surface area (Å²) in [7, 11) is 1.31. The molecule has 0 radical (unpaired) electrons. The summed E-state index contributed by atoms with van der Waals surface area (Å²) in [5.41, 5.74) is 4.05. The topological polar surface area (TPSA) is 69.6 Å². The first-order valence-electron chi connectivity index (χ1n) is 10.8. The quantitative estimate of drug-likeness (QED) is 0.402. The van der Waals surface area contributed by atoms with Gasteiger partial charge in [0.15, 0.2) is 0 Å². The fourth-order valence-corrected chi connectivity index (χ4v) is 3.86. The molecule has 4 rings (SSSR count). The first-order chi connectivity index (χ1) is 16.1. The Kier molecular flexibility index (Phi) is 7.05. The monoisotopic (exact) mass is 442 g/mol. The molecule has 33 heavy (non-hydrogen) atoms. The number of methoxy groups -OCH3 is 1. The summed E-state index contributed by atoms with van der Waals surface area (Å²) in [6.07, 6.45) is 1.65. The number of carbonyl (C=O) groups excluding carboxylic acids is 2. The van der Waals surface area contributed by atoms with Crippen LogP contribution in [0.15, 0.2) is 91.1 Å². The van der Waals surface area contributed by atoms with Gasteiger partial charge in [0, 0.05) is 30.1 Å². The number of nitrogens with zero attached hydrogens (tertiary/aromatic N) is 1. The molecule has 0 saturated carbocycles. The van der Waals surface area contributed by atoms with Crippen LogP contribution in [0.3, 0.4) is 0 Å². The predicted molar refractivity (Wildman–Crippen MR) is 127 cm³/mol. The number of hydrogen-bond donors (Lipinski definition) is 1. The molecule has 0 fully saturated rings. The second kappa shape index (κ2) is 10.5. The maximum absolute atomic E-state index is 12.5. The lowest BCUT2D eigenvalue weighted by Crippen LogP contribution is -2.43. The van der Waals surface area contributed by atoms with E-state index < -0.39 is 18.1 Å². The summed E-state index contributed by atoms with van der Waals surface area (Å²) in [6, 6.07) is 26.7. The molecule has 0 bridgehead atoms. The number of aromatic nitrogens is 1. The van der Waals surface area contributed by atoms with Crippen LogP contribution in [-0.4, -0.2) is 29.8 Å². The highest BCUT2D eigenvalue weighted by atomic mass is 16.6. The minimum atomic E-state index is -0.866. The van der Waals surface area contributed by atoms with Crippen molar-refractivity contribution in [3.05, 3.63) is 108 Å². The molecule has 1 amide bonds. The average Bonchev–Trinajstić information content (AvgIpc) is 3.20. The molecule has 168 valence electrons. The van der Waals surface area contributed by atoms with Crippen LogP contribution < -0.4 is 5.32 Å². The number of esters is 1. The van der Waals surface area contributed by atoms with Gasteiger partial charge in [0.05, 0.1) is 7.11 Å². The van der Waals surface area contributed by atoms with Crippen molar-refractivity contribution in [2.45, 2.75) is 25.6 Å². The number of nitrogens with one attached hydrogen (secondary N) is 1. The first kappa shape index (κ1) is 22.1. The fourth-order valence-electron chi connectivity index (χ4n) is 3.86. The van der Waals surface area contributed by atoms with E-state index in [0.717, 1.165) is 22.0 Å². The Morgan fingerprint density at radius 2 is 1.52 bits per heavy atom. The number of benzene rings is 3. The van der Waals surface area contributed by atoms with Gasteiger partial charge in [0.25, 0.3) is 0 Å². The third-order valence-corrected chi connectivity index (χ3v) is 5.48. The van der Waals surface area contributed by atoms with Crippen molar-refractivity contribution in [2.24, 2.45) is 0 Å². The number of fused-ring (bicyclic) bond motifs is 1. The maximum Gasteiger partial charge on any atom is 0.408 e. The molecular formula is C27H26N2O4. The summed E-state index contributed by atoms with van der Waals surface area (Å²) in [5.74, 6) is -0.522. The number of ether oxygens (including phenoxy) is 2. The van der Waals surface area contributed by atoms with Gasteiger partial charge < -0.3 is 19.4 Å². The molecule has 0 spiro atoms. The van der Waals surface area contributed by atoms with Gasteiger partial charge in [0.1, 0.15) is 12.6 Å². The van der Waals surface area contributed by atoms with E-state index in [4.69, 9.17) is 9.47 Å². The lowest BCUT2D eigenvalue weighted by atomic mass is 10.1. The fraction of sp³-hybridized carbons (Fsp3) is 0.185. The van der Waals surface area contributed by atoms with E-state index in [1.807, 2.05) is 72.9 Å². The number of hydrogen-bond acceptors (Lipinski definition) is 4. The van der Waals surface area contributed by atoms with Gasteiger partial charge in [-0.3, -0.25) is 0 Å². The van der Waals surface area contributed by atoms with Crippen molar-refractivity contribution >= 4 is 23.0 Å². The molecule has 0 saturated heterocycles. The van der Waals surface area contributed by atoms with Crippen LogP contribution in [0.2, 0.25) is 0 Å². The van der Waals surface area contributed by atoms with E-state index in [1.165, 1.54) is 12.7 Å². The number of para-hydroxylation sites is 1. The number of rotatable bonds is 8. The van der Waals surface area contributed by atoms with E-state index >= 15 is 0 Å². The van der Waals surface area contributed by atoms with Crippen molar-refractivity contribution in [2.75, 3.05) is 7.11 Å². The molecule has 0 aliphatic carbocycles. The highest BCUT2D eigenvalue weighted by Gasteiger charge is 2.24. The van der Waals surface area contributed by atoms with Gasteiger partial charge in [-0.2, -0.15) is 0 Å². The molecule has 4 aromatic rings. The molecule has 6 nitrogen and oxygen atoms in total. The Labute approximate surface area is 192 Å². The molecule has 0 aliphatic heterocycles. The predicted octanol–water partition coefficient (Wildman–Crippen LogP) is 4.70. The van der Waals surface area contributed by atoms with Gasteiger partial charge in [0.2, 0.25) is 0 Å². The van der Waals surface area contributed by atoms with Gasteiger partial charge in [-0.1, -0.05) is 78.9 Å². The molecule has 1 aromatic heterocycles. The van der Waals surface area contributed by atoms with E-state index in [2.05, 4.69) is 28.1 Å². The van der Waals surface area contributed by atoms with Crippen molar-refractivity contribution in [1.29, 1.82) is 0 Å². The Hall–Kier alpha value is -4.06. The van der Waals surface area contributed by atoms with Gasteiger partial charge >= 0.3 is 12.1 Å². The normalized spacial score (nSPS) is 11.7. The Morgan fingerprint density at radius 1 is 0.879 bits per heavy atom. The summed E-state index contributed by atoms with van der Waals surface area (Å²) < 4.78 is 12.4. The van der Waals surface area contributed by atoms with Gasteiger partial charge in [-0.25, -0.2) is 9.59 Å². The molecule has 1 heterocycles. The molecule has 3 aromatic carbocycles. The molecule has 0 unspecified atom stereocenters. The smallest absolute Gasteiger partial charge is 0.408 e. The highest BCUT2D eigenvalue weighted by Crippen LogP contribution is 2.24. The van der Waals surface area contributed by atoms with Crippen LogP contribution in [0.5, 0.6) is 0 Å². The molecule has 0 aliphatic rings. The van der Waals surface area contributed by atoms with Crippen molar-refractivity contribution in [3.8, 4) is 0 Å². The lowest BCUT2D eigenvalue weighted by molar-refractivity contribution is -0.142. The third kappa shape index (κ3) is 5.60. The largest absolute Gasteiger partial charge is 0.467 e. The molecular weight excluding hydrogens is 416 g/mol. The molecule has 1 atom stereocenters. The van der Waals surface area contributed by atoms with E-state index in [0.29, 0.717) is 6.54 Å². The highest BCUT2D eigenvalue weighted by molar-refractivity contribution is 5.86. The second-order valence-corrected chi connectivity index (χ2v) is 7.77. The molecule has 6 heteroatoms. The second-order valence-electron chi connectivity index (χ2n) is 7.77. The van der Waals surface area contributed by atoms with E-state index in [9.17, 15) is 9.59 Å². The van der Waals surface area contributed by atoms with Crippen LogP contribution in [0.25, 0.3) is 10.9 Å². The van der Waals surface area contributed by atoms with E-state index in [-0.39, 0.29) is 13.0 Å². The minimum Gasteiger partial charge on any atom is -0.467 e. The number of amides is 1. The molecule has 1 N–H and O–H groups in total. The van der Waals surface area contributed by atoms with E-state index in [1.54, 1.807) is 0 Å². The van der Waals surface area contributed by atoms with Crippen LogP contribution in [0.1, 0.15) is 16.7 Å². The first-order valence-corrected chi connectivity index (χ1v) is 10.8. The summed E-state index contributed by atoms with van der Waals surface area (Å²) in [6.45, 7) is 0.827. The van der Waals surface area contributed by atoms with Crippen molar-refractivity contribution < 1.29 is 19.1 Å². The summed E-state index contributed by atoms with van der Waals surface area (Å²) >= 11 is 0. The van der Waals surface area contributed by atoms with Crippen LogP contribution in [0.4, 0.5) is 4.79 Å². The third-order valence-electron chi connectivity index (χ3n) is 5.48. The van der Waals surface area contributed by atoms with Crippen LogP contribution in [0, 0.1) is 0 Å². The zero-order valence-electron chi connectivity index (χ0n) is 18.4. The van der Waals surface area contributed by atoms with Gasteiger partial charge in [-0.05, 0) is 22.8 Å². The van der Waals surface area contributed by atoms with Crippen molar-refractivity contribution in [3.63, 3.8) is 0 Å². The van der Waals surface area contributed by atoms with Gasteiger partial charge in [-0.15, -0.1) is 0 Å². The standard InChI is InChI=1S/C27H26N2O4/c1-32-26(30)24(28-27(31)33-19-21-12-6-3-7-13-21)16-22-18-29(17-20-10-4-2-5-11-20)25-15-9-8-14-23(22)25/h2-15,18,24H,16-17,19H2,1H3,(H,28,31)/t24-/m0/s1. The van der Waals surface area contributed by atoms with Crippen LogP contribution in [-0.2, 0) is 33.8 Å². The Balaban J connectivity index is 1.52. The summed E-state index contributed by atoms with van der Waals surface area (Å²) in [5, 5.41) is 3.69. The average molecular weight is 443 g/mol. The SMILES string of the molecule is COC(=O)[C@H](Cc1cn(Cc2ccccc2)c2ccccc12)NC(=O)OCc1ccccc1. The zero-order valence-corrected chi connectivity index (χ0v) is 18.4. The summed E-state index contributed by atoms with van der Waals surface area (Å²) in [4.78, 5) is 24.9.